The van der Waals surface area contributed by atoms with Crippen LogP contribution in [0.25, 0.3) is 0 Å². The number of rotatable bonds is 7. The van der Waals surface area contributed by atoms with Crippen molar-refractivity contribution < 1.29 is 13.5 Å². The van der Waals surface area contributed by atoms with Crippen molar-refractivity contribution in [3.63, 3.8) is 0 Å². The van der Waals surface area contributed by atoms with Gasteiger partial charge < -0.3 is 10.1 Å². The SMILES string of the molecule is COC[C@@H](NCCc1cc(F)ccc1F)c1ccccc1. The number of hydrogen-bond acceptors (Lipinski definition) is 2. The van der Waals surface area contributed by atoms with Gasteiger partial charge in [-0.25, -0.2) is 8.78 Å². The van der Waals surface area contributed by atoms with Crippen LogP contribution in [-0.2, 0) is 11.2 Å². The van der Waals surface area contributed by atoms with Gasteiger partial charge in [0.1, 0.15) is 11.6 Å². The number of benzene rings is 2. The summed E-state index contributed by atoms with van der Waals surface area (Å²) in [6.45, 7) is 1.07. The molecule has 0 aliphatic heterocycles. The lowest BCUT2D eigenvalue weighted by Gasteiger charge is -2.18. The van der Waals surface area contributed by atoms with Crippen molar-refractivity contribution >= 4 is 0 Å². The Morgan fingerprint density at radius 3 is 2.57 bits per heavy atom. The van der Waals surface area contributed by atoms with Gasteiger partial charge in [0, 0.05) is 7.11 Å². The molecule has 1 atom stereocenters. The molecule has 0 spiro atoms. The van der Waals surface area contributed by atoms with Gasteiger partial charge in [-0.15, -0.1) is 0 Å². The zero-order valence-corrected chi connectivity index (χ0v) is 12.0. The van der Waals surface area contributed by atoms with Crippen molar-refractivity contribution in [1.82, 2.24) is 5.32 Å². The smallest absolute Gasteiger partial charge is 0.126 e. The summed E-state index contributed by atoms with van der Waals surface area (Å²) in [7, 11) is 1.64. The Balaban J connectivity index is 1.95. The predicted octanol–water partition coefficient (Wildman–Crippen LogP) is 3.48. The Bertz CT molecular complexity index is 560. The van der Waals surface area contributed by atoms with Crippen molar-refractivity contribution in [2.45, 2.75) is 12.5 Å². The zero-order chi connectivity index (χ0) is 15.1. The van der Waals surface area contributed by atoms with Crippen LogP contribution >= 0.6 is 0 Å². The molecule has 0 amide bonds. The van der Waals surface area contributed by atoms with Crippen LogP contribution in [0.3, 0.4) is 0 Å². The second kappa shape index (κ2) is 7.86. The number of ether oxygens (including phenoxy) is 1. The highest BCUT2D eigenvalue weighted by atomic mass is 19.1. The molecular formula is C17H19F2NO. The highest BCUT2D eigenvalue weighted by Crippen LogP contribution is 2.14. The second-order valence-electron chi connectivity index (χ2n) is 4.86. The van der Waals surface area contributed by atoms with E-state index in [1.165, 1.54) is 6.07 Å². The summed E-state index contributed by atoms with van der Waals surface area (Å²) < 4.78 is 31.9. The van der Waals surface area contributed by atoms with Gasteiger partial charge in [0.2, 0.25) is 0 Å². The lowest BCUT2D eigenvalue weighted by molar-refractivity contribution is 0.167. The lowest BCUT2D eigenvalue weighted by atomic mass is 10.1. The number of hydrogen-bond donors (Lipinski definition) is 1. The van der Waals surface area contributed by atoms with Crippen LogP contribution in [0.15, 0.2) is 48.5 Å². The average molecular weight is 291 g/mol. The van der Waals surface area contributed by atoms with E-state index >= 15 is 0 Å². The largest absolute Gasteiger partial charge is 0.383 e. The topological polar surface area (TPSA) is 21.3 Å². The maximum Gasteiger partial charge on any atom is 0.126 e. The summed E-state index contributed by atoms with van der Waals surface area (Å²) in [4.78, 5) is 0. The standard InChI is InChI=1S/C17H19F2NO/c1-21-12-17(13-5-3-2-4-6-13)20-10-9-14-11-15(18)7-8-16(14)19/h2-8,11,17,20H,9-10,12H2,1H3/t17-/m1/s1. The molecule has 4 heteroatoms. The first kappa shape index (κ1) is 15.6. The Kier molecular flexibility index (Phi) is 5.84. The fourth-order valence-electron chi connectivity index (χ4n) is 2.24. The Morgan fingerprint density at radius 2 is 1.86 bits per heavy atom. The van der Waals surface area contributed by atoms with Gasteiger partial charge in [-0.1, -0.05) is 30.3 Å². The number of halogens is 2. The van der Waals surface area contributed by atoms with Crippen molar-refractivity contribution in [3.05, 3.63) is 71.3 Å². The molecule has 0 aliphatic carbocycles. The second-order valence-corrected chi connectivity index (χ2v) is 4.86. The van der Waals surface area contributed by atoms with Gasteiger partial charge in [-0.3, -0.25) is 0 Å². The Hall–Kier alpha value is -1.78. The van der Waals surface area contributed by atoms with Crippen LogP contribution in [-0.4, -0.2) is 20.3 Å². The van der Waals surface area contributed by atoms with E-state index in [2.05, 4.69) is 5.32 Å². The van der Waals surface area contributed by atoms with E-state index in [1.807, 2.05) is 30.3 Å². The normalized spacial score (nSPS) is 12.3. The number of nitrogens with one attached hydrogen (secondary N) is 1. The zero-order valence-electron chi connectivity index (χ0n) is 12.0. The van der Waals surface area contributed by atoms with Gasteiger partial charge in [0.15, 0.2) is 0 Å². The molecule has 0 saturated carbocycles. The highest BCUT2D eigenvalue weighted by molar-refractivity contribution is 5.20. The van der Waals surface area contributed by atoms with Gasteiger partial charge in [0.25, 0.3) is 0 Å². The number of methoxy groups -OCH3 is 1. The summed E-state index contributed by atoms with van der Waals surface area (Å²) in [5, 5.41) is 3.32. The van der Waals surface area contributed by atoms with Gasteiger partial charge in [-0.05, 0) is 42.3 Å². The quantitative estimate of drug-likeness (QED) is 0.843. The van der Waals surface area contributed by atoms with E-state index in [-0.39, 0.29) is 11.9 Å². The molecule has 0 heterocycles. The predicted molar refractivity (Wildman–Crippen MR) is 79.1 cm³/mol. The molecule has 0 aliphatic rings. The van der Waals surface area contributed by atoms with Crippen LogP contribution in [0.2, 0.25) is 0 Å². The molecule has 0 fully saturated rings. The molecule has 2 rings (SSSR count). The molecule has 21 heavy (non-hydrogen) atoms. The van der Waals surface area contributed by atoms with E-state index in [0.29, 0.717) is 25.1 Å². The maximum absolute atomic E-state index is 13.5. The third kappa shape index (κ3) is 4.62. The van der Waals surface area contributed by atoms with E-state index in [9.17, 15) is 8.78 Å². The minimum Gasteiger partial charge on any atom is -0.383 e. The molecule has 1 N–H and O–H groups in total. The monoisotopic (exact) mass is 291 g/mol. The molecule has 0 radical (unpaired) electrons. The minimum atomic E-state index is -0.414. The molecule has 0 saturated heterocycles. The molecule has 2 aromatic rings. The minimum absolute atomic E-state index is 0.0350. The van der Waals surface area contributed by atoms with E-state index in [4.69, 9.17) is 4.74 Å². The van der Waals surface area contributed by atoms with E-state index in [0.717, 1.165) is 17.7 Å². The van der Waals surface area contributed by atoms with Crippen LogP contribution in [0.4, 0.5) is 8.78 Å². The fourth-order valence-corrected chi connectivity index (χ4v) is 2.24. The van der Waals surface area contributed by atoms with Crippen LogP contribution < -0.4 is 5.32 Å². The lowest BCUT2D eigenvalue weighted by Crippen LogP contribution is -2.27. The first-order chi connectivity index (χ1) is 10.2. The Labute approximate surface area is 123 Å². The highest BCUT2D eigenvalue weighted by Gasteiger charge is 2.11. The summed E-state index contributed by atoms with van der Waals surface area (Å²) >= 11 is 0. The van der Waals surface area contributed by atoms with Gasteiger partial charge in [0.05, 0.1) is 12.6 Å². The van der Waals surface area contributed by atoms with Crippen molar-refractivity contribution in [2.75, 3.05) is 20.3 Å². The summed E-state index contributed by atoms with van der Waals surface area (Å²) in [5.74, 6) is -0.788. The fraction of sp³-hybridized carbons (Fsp3) is 0.294. The summed E-state index contributed by atoms with van der Waals surface area (Å²) in [5.41, 5.74) is 1.49. The van der Waals surface area contributed by atoms with Crippen molar-refractivity contribution in [1.29, 1.82) is 0 Å². The first-order valence-corrected chi connectivity index (χ1v) is 6.92. The third-order valence-electron chi connectivity index (χ3n) is 3.33. The van der Waals surface area contributed by atoms with Crippen molar-refractivity contribution in [2.24, 2.45) is 0 Å². The average Bonchev–Trinajstić information content (AvgIpc) is 2.51. The molecule has 2 nitrogen and oxygen atoms in total. The maximum atomic E-state index is 13.5. The molecular weight excluding hydrogens is 272 g/mol. The summed E-state index contributed by atoms with van der Waals surface area (Å²) in [6, 6.07) is 13.5. The molecule has 0 aromatic heterocycles. The summed E-state index contributed by atoms with van der Waals surface area (Å²) in [6.07, 6.45) is 0.427. The Morgan fingerprint density at radius 1 is 1.10 bits per heavy atom. The molecule has 112 valence electrons. The molecule has 0 bridgehead atoms. The van der Waals surface area contributed by atoms with E-state index in [1.54, 1.807) is 7.11 Å². The van der Waals surface area contributed by atoms with Crippen LogP contribution in [0, 0.1) is 11.6 Å². The van der Waals surface area contributed by atoms with Crippen LogP contribution in [0.5, 0.6) is 0 Å². The third-order valence-corrected chi connectivity index (χ3v) is 3.33. The van der Waals surface area contributed by atoms with Crippen molar-refractivity contribution in [3.8, 4) is 0 Å². The molecule has 2 aromatic carbocycles. The first-order valence-electron chi connectivity index (χ1n) is 6.92. The van der Waals surface area contributed by atoms with Gasteiger partial charge >= 0.3 is 0 Å². The van der Waals surface area contributed by atoms with E-state index < -0.39 is 5.82 Å². The van der Waals surface area contributed by atoms with Gasteiger partial charge in [-0.2, -0.15) is 0 Å². The molecule has 0 unspecified atom stereocenters. The van der Waals surface area contributed by atoms with Crippen LogP contribution in [0.1, 0.15) is 17.2 Å².